The van der Waals surface area contributed by atoms with Gasteiger partial charge in [0.15, 0.2) is 0 Å². The minimum Gasteiger partial charge on any atom is -0.457 e. The van der Waals surface area contributed by atoms with E-state index >= 15 is 0 Å². The third-order valence-corrected chi connectivity index (χ3v) is 6.19. The van der Waals surface area contributed by atoms with Crippen LogP contribution < -0.4 is 15.0 Å². The van der Waals surface area contributed by atoms with Crippen LogP contribution >= 0.6 is 0 Å². The van der Waals surface area contributed by atoms with E-state index in [4.69, 9.17) is 4.74 Å². The summed E-state index contributed by atoms with van der Waals surface area (Å²) in [7, 11) is 0. The number of rotatable bonds is 5. The van der Waals surface area contributed by atoms with Crippen LogP contribution in [0.25, 0.3) is 0 Å². The highest BCUT2D eigenvalue weighted by molar-refractivity contribution is 6.34. The second-order valence-electron chi connectivity index (χ2n) is 8.44. The summed E-state index contributed by atoms with van der Waals surface area (Å²) in [6.45, 7) is 0. The molecule has 5 rings (SSSR count). The van der Waals surface area contributed by atoms with Gasteiger partial charge in [-0.25, -0.2) is 4.90 Å². The van der Waals surface area contributed by atoms with E-state index in [1.165, 1.54) is 11.3 Å². The van der Waals surface area contributed by atoms with Crippen molar-refractivity contribution < 1.29 is 19.1 Å². The average Bonchev–Trinajstić information content (AvgIpc) is 3.09. The van der Waals surface area contributed by atoms with Crippen molar-refractivity contribution in [2.24, 2.45) is 5.92 Å². The predicted molar refractivity (Wildman–Crippen MR) is 126 cm³/mol. The molecule has 6 heteroatoms. The zero-order chi connectivity index (χ0) is 22.8. The molecule has 1 fully saturated rings. The number of anilines is 2. The molecule has 1 aliphatic heterocycles. The molecule has 6 nitrogen and oxygen atoms in total. The van der Waals surface area contributed by atoms with Gasteiger partial charge in [0.25, 0.3) is 11.8 Å². The number of carbonyl (C=O) groups is 3. The second-order valence-corrected chi connectivity index (χ2v) is 8.44. The number of imide groups is 1. The van der Waals surface area contributed by atoms with Crippen LogP contribution in [-0.4, -0.2) is 17.7 Å². The number of hydrogen-bond donors (Lipinski definition) is 1. The smallest absolute Gasteiger partial charge is 0.266 e. The third kappa shape index (κ3) is 4.24. The highest BCUT2D eigenvalue weighted by atomic mass is 16.5. The standard InChI is InChI=1S/C27H24N2O4/c30-25(18-8-3-1-4-9-18)28-19-10-7-13-21(16-19)33-22-14-15-23-24(17-22)27(32)29(26(23)31)20-11-5-2-6-12-20/h2,5-7,10-18H,1,3-4,8-9H2,(H,28,30). The molecule has 3 amide bonds. The number of nitrogens with one attached hydrogen (secondary N) is 1. The molecule has 0 unspecified atom stereocenters. The molecule has 33 heavy (non-hydrogen) atoms. The number of nitrogens with zero attached hydrogens (tertiary/aromatic N) is 1. The number of carbonyl (C=O) groups excluding carboxylic acids is 3. The first-order valence-corrected chi connectivity index (χ1v) is 11.3. The van der Waals surface area contributed by atoms with Crippen molar-refractivity contribution in [1.29, 1.82) is 0 Å². The summed E-state index contributed by atoms with van der Waals surface area (Å²) in [5.41, 5.74) is 1.87. The number of ether oxygens (including phenoxy) is 1. The van der Waals surface area contributed by atoms with Gasteiger partial charge in [0.05, 0.1) is 16.8 Å². The number of amides is 3. The summed E-state index contributed by atoms with van der Waals surface area (Å²) >= 11 is 0. The lowest BCUT2D eigenvalue weighted by molar-refractivity contribution is -0.120. The van der Waals surface area contributed by atoms with E-state index in [1.807, 2.05) is 18.2 Å². The van der Waals surface area contributed by atoms with Crippen LogP contribution in [0.1, 0.15) is 52.8 Å². The number of fused-ring (bicyclic) bond motifs is 1. The van der Waals surface area contributed by atoms with Crippen molar-refractivity contribution in [3.63, 3.8) is 0 Å². The molecule has 1 saturated carbocycles. The Labute approximate surface area is 192 Å². The molecule has 3 aromatic carbocycles. The largest absolute Gasteiger partial charge is 0.457 e. The minimum atomic E-state index is -0.375. The molecule has 1 N–H and O–H groups in total. The predicted octanol–water partition coefficient (Wildman–Crippen LogP) is 5.80. The Morgan fingerprint density at radius 1 is 0.788 bits per heavy atom. The Hall–Kier alpha value is -3.93. The van der Waals surface area contributed by atoms with Crippen LogP contribution in [0.2, 0.25) is 0 Å². The minimum absolute atomic E-state index is 0.0505. The summed E-state index contributed by atoms with van der Waals surface area (Å²) in [6.07, 6.45) is 5.27. The number of benzene rings is 3. The first-order valence-electron chi connectivity index (χ1n) is 11.3. The molecule has 1 heterocycles. The normalized spacial score (nSPS) is 15.9. The Bertz CT molecular complexity index is 1220. The Kier molecular flexibility index (Phi) is 5.65. The van der Waals surface area contributed by atoms with Gasteiger partial charge in [0.1, 0.15) is 11.5 Å². The van der Waals surface area contributed by atoms with E-state index in [2.05, 4.69) is 5.32 Å². The van der Waals surface area contributed by atoms with Gasteiger partial charge in [-0.2, -0.15) is 0 Å². The van der Waals surface area contributed by atoms with Crippen LogP contribution in [0.3, 0.4) is 0 Å². The molecule has 0 bridgehead atoms. The first-order chi connectivity index (χ1) is 16.1. The van der Waals surface area contributed by atoms with Crippen LogP contribution in [0.15, 0.2) is 72.8 Å². The zero-order valence-corrected chi connectivity index (χ0v) is 18.1. The average molecular weight is 440 g/mol. The van der Waals surface area contributed by atoms with Crippen LogP contribution in [0.5, 0.6) is 11.5 Å². The van der Waals surface area contributed by atoms with Gasteiger partial charge in [-0.3, -0.25) is 14.4 Å². The lowest BCUT2D eigenvalue weighted by Gasteiger charge is -2.20. The van der Waals surface area contributed by atoms with Crippen molar-refractivity contribution >= 4 is 29.1 Å². The molecule has 2 aliphatic rings. The highest BCUT2D eigenvalue weighted by Gasteiger charge is 2.36. The van der Waals surface area contributed by atoms with Crippen molar-refractivity contribution in [2.45, 2.75) is 32.1 Å². The van der Waals surface area contributed by atoms with Crippen molar-refractivity contribution in [3.05, 3.63) is 83.9 Å². The molecule has 0 atom stereocenters. The van der Waals surface area contributed by atoms with Gasteiger partial charge in [-0.1, -0.05) is 43.5 Å². The molecule has 0 radical (unpaired) electrons. The van der Waals surface area contributed by atoms with Gasteiger partial charge in [0, 0.05) is 17.7 Å². The Morgan fingerprint density at radius 2 is 1.52 bits per heavy atom. The quantitative estimate of drug-likeness (QED) is 0.509. The molecule has 0 aromatic heterocycles. The SMILES string of the molecule is O=C(Nc1cccc(Oc2ccc3c(c2)C(=O)N(c2ccccc2)C3=O)c1)C1CCCCC1. The third-order valence-electron chi connectivity index (χ3n) is 6.19. The summed E-state index contributed by atoms with van der Waals surface area (Å²) in [5, 5.41) is 2.99. The molecule has 0 saturated heterocycles. The maximum atomic E-state index is 12.9. The van der Waals surface area contributed by atoms with Gasteiger partial charge < -0.3 is 10.1 Å². The Morgan fingerprint density at radius 3 is 2.30 bits per heavy atom. The van der Waals surface area contributed by atoms with Gasteiger partial charge in [-0.15, -0.1) is 0 Å². The van der Waals surface area contributed by atoms with E-state index in [0.29, 0.717) is 34.0 Å². The fourth-order valence-electron chi connectivity index (χ4n) is 4.48. The summed E-state index contributed by atoms with van der Waals surface area (Å²) in [4.78, 5) is 39.4. The van der Waals surface area contributed by atoms with Crippen molar-refractivity contribution in [1.82, 2.24) is 0 Å². The van der Waals surface area contributed by atoms with Crippen molar-refractivity contribution in [3.8, 4) is 11.5 Å². The number of para-hydroxylation sites is 1. The maximum Gasteiger partial charge on any atom is 0.266 e. The summed E-state index contributed by atoms with van der Waals surface area (Å²) in [5.74, 6) is 0.375. The molecular weight excluding hydrogens is 416 g/mol. The molecule has 0 spiro atoms. The second kappa shape index (κ2) is 8.90. The first kappa shape index (κ1) is 20.9. The fraction of sp³-hybridized carbons (Fsp3) is 0.222. The topological polar surface area (TPSA) is 75.7 Å². The van der Waals surface area contributed by atoms with E-state index in [1.54, 1.807) is 54.6 Å². The van der Waals surface area contributed by atoms with Crippen LogP contribution in [-0.2, 0) is 4.79 Å². The molecule has 1 aliphatic carbocycles. The van der Waals surface area contributed by atoms with E-state index in [9.17, 15) is 14.4 Å². The Balaban J connectivity index is 1.32. The van der Waals surface area contributed by atoms with Crippen LogP contribution in [0, 0.1) is 5.92 Å². The molecule has 166 valence electrons. The summed E-state index contributed by atoms with van der Waals surface area (Å²) in [6, 6.07) is 20.9. The summed E-state index contributed by atoms with van der Waals surface area (Å²) < 4.78 is 5.96. The highest BCUT2D eigenvalue weighted by Crippen LogP contribution is 2.33. The monoisotopic (exact) mass is 440 g/mol. The van der Waals surface area contributed by atoms with Crippen molar-refractivity contribution in [2.75, 3.05) is 10.2 Å². The molecule has 3 aromatic rings. The van der Waals surface area contributed by atoms with Gasteiger partial charge >= 0.3 is 0 Å². The van der Waals surface area contributed by atoms with Gasteiger partial charge in [0.2, 0.25) is 5.91 Å². The zero-order valence-electron chi connectivity index (χ0n) is 18.1. The maximum absolute atomic E-state index is 12.9. The van der Waals surface area contributed by atoms with E-state index in [-0.39, 0.29) is 23.6 Å². The number of hydrogen-bond acceptors (Lipinski definition) is 4. The lowest BCUT2D eigenvalue weighted by Crippen LogP contribution is -2.29. The molecular formula is C27H24N2O4. The fourth-order valence-corrected chi connectivity index (χ4v) is 4.48. The van der Waals surface area contributed by atoms with E-state index < -0.39 is 0 Å². The van der Waals surface area contributed by atoms with E-state index in [0.717, 1.165) is 25.7 Å². The lowest BCUT2D eigenvalue weighted by atomic mass is 9.88. The van der Waals surface area contributed by atoms with Crippen LogP contribution in [0.4, 0.5) is 11.4 Å². The van der Waals surface area contributed by atoms with Gasteiger partial charge in [-0.05, 0) is 55.3 Å².